The van der Waals surface area contributed by atoms with Crippen LogP contribution < -0.4 is 10.1 Å². The van der Waals surface area contributed by atoms with Crippen molar-refractivity contribution in [2.24, 2.45) is 0 Å². The fraction of sp³-hybridized carbons (Fsp3) is 0.500. The molecule has 0 bridgehead atoms. The van der Waals surface area contributed by atoms with Gasteiger partial charge >= 0.3 is 0 Å². The van der Waals surface area contributed by atoms with Gasteiger partial charge in [-0.25, -0.2) is 0 Å². The molecule has 1 aliphatic rings. The van der Waals surface area contributed by atoms with Gasteiger partial charge in [0.05, 0.1) is 0 Å². The second kappa shape index (κ2) is 5.21. The molecule has 1 amide bonds. The molecule has 1 aromatic carbocycles. The Morgan fingerprint density at radius 2 is 2.06 bits per heavy atom. The Bertz CT molecular complexity index is 382. The third kappa shape index (κ3) is 3.48. The second-order valence-electron chi connectivity index (χ2n) is 4.61. The van der Waals surface area contributed by atoms with E-state index < -0.39 is 0 Å². The summed E-state index contributed by atoms with van der Waals surface area (Å²) in [5, 5.41) is 2.97. The summed E-state index contributed by atoms with van der Waals surface area (Å²) in [5.41, 5.74) is 1.19. The van der Waals surface area contributed by atoms with Crippen molar-refractivity contribution in [2.45, 2.75) is 45.3 Å². The SMILES string of the molecule is CC[C@@H](Oc1ccc(C)cc1)C(=O)NC1CC1. The molecule has 0 saturated heterocycles. The van der Waals surface area contributed by atoms with Gasteiger partial charge < -0.3 is 10.1 Å². The number of nitrogens with one attached hydrogen (secondary N) is 1. The molecule has 0 radical (unpaired) electrons. The van der Waals surface area contributed by atoms with Crippen LogP contribution in [-0.2, 0) is 4.79 Å². The highest BCUT2D eigenvalue weighted by Crippen LogP contribution is 2.20. The molecule has 17 heavy (non-hydrogen) atoms. The van der Waals surface area contributed by atoms with E-state index in [1.807, 2.05) is 38.1 Å². The summed E-state index contributed by atoms with van der Waals surface area (Å²) in [6.45, 7) is 3.99. The van der Waals surface area contributed by atoms with Crippen molar-refractivity contribution in [3.05, 3.63) is 29.8 Å². The fourth-order valence-electron chi connectivity index (χ4n) is 1.63. The van der Waals surface area contributed by atoms with Gasteiger partial charge in [0.25, 0.3) is 5.91 Å². The smallest absolute Gasteiger partial charge is 0.261 e. The quantitative estimate of drug-likeness (QED) is 0.848. The van der Waals surface area contributed by atoms with Crippen molar-refractivity contribution >= 4 is 5.91 Å². The van der Waals surface area contributed by atoms with E-state index in [0.717, 1.165) is 18.6 Å². The van der Waals surface area contributed by atoms with Crippen LogP contribution in [0.3, 0.4) is 0 Å². The minimum absolute atomic E-state index is 0.00979. The van der Waals surface area contributed by atoms with Crippen LogP contribution in [0, 0.1) is 6.92 Å². The van der Waals surface area contributed by atoms with Gasteiger partial charge in [0.1, 0.15) is 5.75 Å². The molecule has 0 aromatic heterocycles. The van der Waals surface area contributed by atoms with E-state index in [1.165, 1.54) is 5.56 Å². The number of hydrogen-bond acceptors (Lipinski definition) is 2. The summed E-state index contributed by atoms with van der Waals surface area (Å²) in [4.78, 5) is 11.9. The van der Waals surface area contributed by atoms with E-state index in [4.69, 9.17) is 4.74 Å². The minimum atomic E-state index is -0.377. The number of amides is 1. The van der Waals surface area contributed by atoms with E-state index >= 15 is 0 Å². The van der Waals surface area contributed by atoms with E-state index in [1.54, 1.807) is 0 Å². The summed E-state index contributed by atoms with van der Waals surface area (Å²) < 4.78 is 5.70. The molecule has 0 aliphatic heterocycles. The van der Waals surface area contributed by atoms with Gasteiger partial charge in [-0.3, -0.25) is 4.79 Å². The van der Waals surface area contributed by atoms with Crippen molar-refractivity contribution < 1.29 is 9.53 Å². The van der Waals surface area contributed by atoms with E-state index in [-0.39, 0.29) is 12.0 Å². The summed E-state index contributed by atoms with van der Waals surface area (Å²) >= 11 is 0. The van der Waals surface area contributed by atoms with Gasteiger partial charge in [-0.1, -0.05) is 24.6 Å². The van der Waals surface area contributed by atoms with Crippen LogP contribution in [0.2, 0.25) is 0 Å². The molecule has 1 aromatic rings. The van der Waals surface area contributed by atoms with Gasteiger partial charge in [0, 0.05) is 6.04 Å². The van der Waals surface area contributed by atoms with E-state index in [9.17, 15) is 4.79 Å². The molecular formula is C14H19NO2. The van der Waals surface area contributed by atoms with Crippen molar-refractivity contribution in [3.8, 4) is 5.75 Å². The van der Waals surface area contributed by atoms with Gasteiger partial charge in [-0.15, -0.1) is 0 Å². The summed E-state index contributed by atoms with van der Waals surface area (Å²) in [5.74, 6) is 0.768. The lowest BCUT2D eigenvalue weighted by Crippen LogP contribution is -2.39. The number of ether oxygens (including phenoxy) is 1. The molecule has 1 aliphatic carbocycles. The van der Waals surface area contributed by atoms with Gasteiger partial charge in [-0.2, -0.15) is 0 Å². The van der Waals surface area contributed by atoms with Crippen LogP contribution in [0.15, 0.2) is 24.3 Å². The normalized spacial score (nSPS) is 16.4. The number of benzene rings is 1. The maximum absolute atomic E-state index is 11.9. The first-order chi connectivity index (χ1) is 8.19. The first-order valence-electron chi connectivity index (χ1n) is 6.22. The van der Waals surface area contributed by atoms with Crippen LogP contribution in [0.1, 0.15) is 31.7 Å². The van der Waals surface area contributed by atoms with Crippen LogP contribution in [0.5, 0.6) is 5.75 Å². The maximum atomic E-state index is 11.9. The van der Waals surface area contributed by atoms with Crippen molar-refractivity contribution in [2.75, 3.05) is 0 Å². The molecule has 0 spiro atoms. The Morgan fingerprint density at radius 1 is 1.41 bits per heavy atom. The molecule has 1 atom stereocenters. The van der Waals surface area contributed by atoms with Gasteiger partial charge in [0.15, 0.2) is 6.10 Å². The predicted molar refractivity (Wildman–Crippen MR) is 67.1 cm³/mol. The summed E-state index contributed by atoms with van der Waals surface area (Å²) in [6.07, 6.45) is 2.52. The lowest BCUT2D eigenvalue weighted by atomic mass is 10.2. The number of aryl methyl sites for hydroxylation is 1. The number of carbonyl (C=O) groups excluding carboxylic acids is 1. The Hall–Kier alpha value is -1.51. The van der Waals surface area contributed by atoms with Crippen LogP contribution >= 0.6 is 0 Å². The highest BCUT2D eigenvalue weighted by Gasteiger charge is 2.27. The van der Waals surface area contributed by atoms with Crippen molar-refractivity contribution in [1.29, 1.82) is 0 Å². The summed E-state index contributed by atoms with van der Waals surface area (Å²) in [7, 11) is 0. The Labute approximate surface area is 102 Å². The zero-order valence-electron chi connectivity index (χ0n) is 10.4. The third-order valence-electron chi connectivity index (χ3n) is 2.89. The minimum Gasteiger partial charge on any atom is -0.481 e. The average Bonchev–Trinajstić information content (AvgIpc) is 3.12. The molecular weight excluding hydrogens is 214 g/mol. The predicted octanol–water partition coefficient (Wildman–Crippen LogP) is 2.43. The van der Waals surface area contributed by atoms with Crippen LogP contribution in [0.4, 0.5) is 0 Å². The molecule has 0 heterocycles. The lowest BCUT2D eigenvalue weighted by molar-refractivity contribution is -0.128. The number of rotatable bonds is 5. The average molecular weight is 233 g/mol. The fourth-order valence-corrected chi connectivity index (χ4v) is 1.63. The Morgan fingerprint density at radius 3 is 2.59 bits per heavy atom. The standard InChI is InChI=1S/C14H19NO2/c1-3-13(14(16)15-11-6-7-11)17-12-8-4-10(2)5-9-12/h4-5,8-9,11,13H,3,6-7H2,1-2H3,(H,15,16)/t13-/m1/s1. The van der Waals surface area contributed by atoms with Crippen LogP contribution in [-0.4, -0.2) is 18.1 Å². The molecule has 0 unspecified atom stereocenters. The maximum Gasteiger partial charge on any atom is 0.261 e. The van der Waals surface area contributed by atoms with Crippen LogP contribution in [0.25, 0.3) is 0 Å². The number of carbonyl (C=O) groups is 1. The Kier molecular flexibility index (Phi) is 3.67. The second-order valence-corrected chi connectivity index (χ2v) is 4.61. The third-order valence-corrected chi connectivity index (χ3v) is 2.89. The monoisotopic (exact) mass is 233 g/mol. The van der Waals surface area contributed by atoms with Crippen molar-refractivity contribution in [1.82, 2.24) is 5.32 Å². The first-order valence-corrected chi connectivity index (χ1v) is 6.22. The topological polar surface area (TPSA) is 38.3 Å². The van der Waals surface area contributed by atoms with E-state index in [2.05, 4.69) is 5.32 Å². The lowest BCUT2D eigenvalue weighted by Gasteiger charge is -2.17. The van der Waals surface area contributed by atoms with Crippen molar-refractivity contribution in [3.63, 3.8) is 0 Å². The first kappa shape index (κ1) is 12.0. The van der Waals surface area contributed by atoms with E-state index in [0.29, 0.717) is 12.5 Å². The van der Waals surface area contributed by atoms with Gasteiger partial charge in [0.2, 0.25) is 0 Å². The highest BCUT2D eigenvalue weighted by molar-refractivity contribution is 5.81. The molecule has 3 heteroatoms. The molecule has 1 saturated carbocycles. The molecule has 92 valence electrons. The number of hydrogen-bond donors (Lipinski definition) is 1. The summed E-state index contributed by atoms with van der Waals surface area (Å²) in [6, 6.07) is 8.17. The molecule has 1 fully saturated rings. The highest BCUT2D eigenvalue weighted by atomic mass is 16.5. The Balaban J connectivity index is 1.93. The largest absolute Gasteiger partial charge is 0.481 e. The molecule has 3 nitrogen and oxygen atoms in total. The molecule has 1 N–H and O–H groups in total. The zero-order chi connectivity index (χ0) is 12.3. The molecule has 2 rings (SSSR count). The van der Waals surface area contributed by atoms with Gasteiger partial charge in [-0.05, 0) is 38.3 Å². The zero-order valence-corrected chi connectivity index (χ0v) is 10.4.